The summed E-state index contributed by atoms with van der Waals surface area (Å²) in [4.78, 5) is 141. The number of likely N-dealkylation sites (tertiary alicyclic amines) is 1. The van der Waals surface area contributed by atoms with Crippen LogP contribution >= 0.6 is 0 Å². The number of amides is 8. The predicted molar refractivity (Wildman–Crippen MR) is 280 cm³/mol. The van der Waals surface area contributed by atoms with Crippen LogP contribution in [0.1, 0.15) is 88.7 Å². The molecule has 1 aromatic carbocycles. The molecule has 7 atom stereocenters. The number of hydrogen-bond acceptors (Lipinski definition) is 18. The van der Waals surface area contributed by atoms with Crippen molar-refractivity contribution in [3.63, 3.8) is 0 Å². The molecule has 29 nitrogen and oxygen atoms in total. The van der Waals surface area contributed by atoms with Crippen LogP contribution in [0, 0.1) is 4.91 Å². The molecule has 2 rings (SSSR count). The third-order valence-electron chi connectivity index (χ3n) is 11.9. The van der Waals surface area contributed by atoms with Gasteiger partial charge in [0.05, 0.1) is 18.7 Å². The van der Waals surface area contributed by atoms with Crippen molar-refractivity contribution < 1.29 is 53.4 Å². The fourth-order valence-corrected chi connectivity index (χ4v) is 7.70. The van der Waals surface area contributed by atoms with Crippen molar-refractivity contribution in [2.45, 2.75) is 133 Å². The van der Waals surface area contributed by atoms with Gasteiger partial charge in [0.1, 0.15) is 48.2 Å². The van der Waals surface area contributed by atoms with E-state index in [1.165, 1.54) is 17.9 Å². The normalized spacial score (nSPS) is 15.9. The number of aliphatic imine (C=N–C) groups is 2. The summed E-state index contributed by atoms with van der Waals surface area (Å²) in [7, 11) is 0. The zero-order valence-electron chi connectivity index (χ0n) is 42.9. The van der Waals surface area contributed by atoms with Crippen molar-refractivity contribution in [2.24, 2.45) is 55.3 Å². The number of carbonyl (C=O) groups is 9. The number of nitrogens with two attached hydrogens (primary N) is 7. The Balaban J connectivity index is 2.36. The fourth-order valence-electron chi connectivity index (χ4n) is 7.70. The maximum Gasteiger partial charge on any atom is 0.352 e. The van der Waals surface area contributed by atoms with E-state index in [1.54, 1.807) is 24.3 Å². The number of nitrogens with one attached hydrogen (secondary N) is 6. The smallest absolute Gasteiger partial charge is 0.352 e. The van der Waals surface area contributed by atoms with Gasteiger partial charge in [0.25, 0.3) is 11.8 Å². The summed E-state index contributed by atoms with van der Waals surface area (Å²) < 4.78 is 0. The van der Waals surface area contributed by atoms with E-state index < -0.39 is 114 Å². The minimum atomic E-state index is -1.58. The Bertz CT molecular complexity index is 2240. The Morgan fingerprint density at radius 2 is 1.46 bits per heavy atom. The molecule has 0 spiro atoms. The summed E-state index contributed by atoms with van der Waals surface area (Å²) in [6, 6.07) is -1.43. The molecule has 0 bridgehead atoms. The molecular weight excluding hydrogens is 995 g/mol. The first-order valence-electron chi connectivity index (χ1n) is 25.0. The number of hydrogen-bond donors (Lipinski definition) is 15. The van der Waals surface area contributed by atoms with E-state index in [-0.39, 0.29) is 89.3 Å². The quantitative estimate of drug-likeness (QED) is 0.00994. The van der Waals surface area contributed by atoms with Gasteiger partial charge in [-0.25, -0.2) is 9.79 Å². The average molecular weight is 1070 g/mol. The molecular formula is C47H77N17O12. The summed E-state index contributed by atoms with van der Waals surface area (Å²) in [6.07, 6.45) is 2.12. The molecule has 22 N–H and O–H groups in total. The van der Waals surface area contributed by atoms with Crippen LogP contribution in [0.5, 0.6) is 0 Å². The number of rotatable bonds is 35. The largest absolute Gasteiger partial charge is 0.477 e. The number of benzene rings is 1. The van der Waals surface area contributed by atoms with Crippen molar-refractivity contribution in [2.75, 3.05) is 45.8 Å². The van der Waals surface area contributed by atoms with Crippen LogP contribution in [0.15, 0.2) is 51.2 Å². The lowest BCUT2D eigenvalue weighted by Gasteiger charge is -2.28. The molecule has 0 aliphatic carbocycles. The summed E-state index contributed by atoms with van der Waals surface area (Å²) in [5.41, 5.74) is 39.2. The minimum Gasteiger partial charge on any atom is -0.477 e. The number of nitroso groups, excluding NO2 is 1. The molecule has 1 saturated heterocycles. The van der Waals surface area contributed by atoms with Crippen molar-refractivity contribution >= 4 is 64.9 Å². The molecule has 0 unspecified atom stereocenters. The van der Waals surface area contributed by atoms with Crippen LogP contribution in [-0.2, 0) is 56.1 Å². The van der Waals surface area contributed by atoms with E-state index in [1.807, 2.05) is 0 Å². The minimum absolute atomic E-state index is 0.00404. The maximum absolute atomic E-state index is 14.3. The van der Waals surface area contributed by atoms with Gasteiger partial charge in [-0.05, 0) is 102 Å². The third kappa shape index (κ3) is 22.7. The molecule has 1 aliphatic heterocycles. The van der Waals surface area contributed by atoms with Gasteiger partial charge in [-0.2, -0.15) is 4.91 Å². The monoisotopic (exact) mass is 1070 g/mol. The number of unbranched alkanes of at least 4 members (excludes halogenated alkanes) is 2. The van der Waals surface area contributed by atoms with Gasteiger partial charge in [0.15, 0.2) is 5.96 Å². The van der Waals surface area contributed by atoms with Crippen molar-refractivity contribution in [3.8, 4) is 0 Å². The molecule has 0 aromatic heterocycles. The second kappa shape index (κ2) is 35.0. The van der Waals surface area contributed by atoms with E-state index in [0.717, 1.165) is 0 Å². The number of aliphatic hydroxyl groups excluding tert-OH is 1. The van der Waals surface area contributed by atoms with Gasteiger partial charge in [0.2, 0.25) is 35.4 Å². The molecule has 1 aliphatic rings. The van der Waals surface area contributed by atoms with Crippen molar-refractivity contribution in [1.29, 1.82) is 0 Å². The second-order valence-electron chi connectivity index (χ2n) is 17.8. The standard InChI is InChI=1S/C47H77N17O12/c1-27(58-44(72)38(36(65)24-51)63-40(68)30(52)13-4-6-18-48)39(67)56-26-37(66)59-32(15-8-20-50)45(73)64-22-10-17-35(64)43(71)62-34(23-28-11-2-3-12-29(28)25-57-76)42(70)60-31(14-5-7-19-49)41(69)61-33(46(74)75)16-9-21-55-47(53)54/h2-3,11-12,16,27,30-31,34-36,38,65H,4-10,13-15,17-26,48-52H2,1H3,(H,56,67)(H,58,72)(H,60,70)(H,61,69)(H,62,71)(H,63,68)(H,74,75)(H4,53,54,55)/b33-16-,59-32?/t27-,30-,31-,34-,35-,36-,38-/m0/s1. The molecule has 0 radical (unpaired) electrons. The predicted octanol–water partition coefficient (Wildman–Crippen LogP) is -5.08. The Hall–Kier alpha value is -7.31. The highest BCUT2D eigenvalue weighted by molar-refractivity contribution is 6.40. The lowest BCUT2D eigenvalue weighted by Crippen LogP contribution is -2.60. The van der Waals surface area contributed by atoms with E-state index in [2.05, 4.69) is 47.1 Å². The van der Waals surface area contributed by atoms with Crippen molar-refractivity contribution in [3.05, 3.63) is 52.1 Å². The second-order valence-corrected chi connectivity index (χ2v) is 17.8. The molecule has 29 heteroatoms. The molecule has 1 aromatic rings. The maximum atomic E-state index is 14.3. The number of nitrogens with zero attached hydrogens (tertiary/aromatic N) is 4. The number of carbonyl (C=O) groups excluding carboxylic acids is 8. The van der Waals surface area contributed by atoms with Crippen LogP contribution in [0.3, 0.4) is 0 Å². The van der Waals surface area contributed by atoms with Crippen LogP contribution in [0.25, 0.3) is 0 Å². The average Bonchev–Trinajstić information content (AvgIpc) is 3.89. The summed E-state index contributed by atoms with van der Waals surface area (Å²) in [5.74, 6) is -8.65. The Labute approximate surface area is 440 Å². The highest BCUT2D eigenvalue weighted by atomic mass is 16.4. The van der Waals surface area contributed by atoms with Crippen LogP contribution in [0.2, 0.25) is 0 Å². The number of guanidine groups is 1. The van der Waals surface area contributed by atoms with Crippen LogP contribution < -0.4 is 72.0 Å². The molecule has 76 heavy (non-hydrogen) atoms. The van der Waals surface area contributed by atoms with Crippen LogP contribution in [-0.4, -0.2) is 168 Å². The Morgan fingerprint density at radius 1 is 0.803 bits per heavy atom. The van der Waals surface area contributed by atoms with E-state index in [4.69, 9.17) is 40.1 Å². The highest BCUT2D eigenvalue weighted by Crippen LogP contribution is 2.21. The van der Waals surface area contributed by atoms with E-state index >= 15 is 0 Å². The van der Waals surface area contributed by atoms with Gasteiger partial charge in [-0.3, -0.25) is 43.3 Å². The van der Waals surface area contributed by atoms with Gasteiger partial charge in [-0.15, -0.1) is 0 Å². The number of carboxylic acids is 1. The first-order chi connectivity index (χ1) is 36.2. The SMILES string of the molecule is C[C@H](NC(=O)[C@@H](NC(=O)[C@@H](N)CCCCN)[C@@H](O)CN)C(=O)NCC(=O)N=C(CCCN)C(=O)N1CCC[C@H]1C(=O)N[C@@H](Cc1ccccc1CN=O)C(=O)N[C@@H](CCCCN)C(=O)N/C(=C\CCN=C(N)N)C(=O)O. The summed E-state index contributed by atoms with van der Waals surface area (Å²) in [6.45, 7) is 0.573. The van der Waals surface area contributed by atoms with E-state index in [9.17, 15) is 58.3 Å². The molecule has 8 amide bonds. The molecule has 422 valence electrons. The zero-order valence-corrected chi connectivity index (χ0v) is 42.9. The first-order valence-corrected chi connectivity index (χ1v) is 25.0. The van der Waals surface area contributed by atoms with Crippen LogP contribution in [0.4, 0.5) is 0 Å². The van der Waals surface area contributed by atoms with Crippen molar-refractivity contribution in [1.82, 2.24) is 36.8 Å². The number of carboxylic acid groups (broad SMARTS) is 1. The van der Waals surface area contributed by atoms with Gasteiger partial charge in [-0.1, -0.05) is 41.9 Å². The fraction of sp³-hybridized carbons (Fsp3) is 0.596. The molecule has 1 heterocycles. The number of aliphatic hydroxyl groups is 1. The molecule has 0 saturated carbocycles. The van der Waals surface area contributed by atoms with Gasteiger partial charge >= 0.3 is 5.97 Å². The topological polar surface area (TPSA) is 506 Å². The highest BCUT2D eigenvalue weighted by Gasteiger charge is 2.39. The zero-order chi connectivity index (χ0) is 56.7. The molecule has 1 fully saturated rings. The summed E-state index contributed by atoms with van der Waals surface area (Å²) in [5, 5.41) is 37.9. The number of aliphatic carboxylic acids is 1. The van der Waals surface area contributed by atoms with Gasteiger partial charge < -0.3 is 87.1 Å². The lowest BCUT2D eigenvalue weighted by atomic mass is 9.98. The third-order valence-corrected chi connectivity index (χ3v) is 11.9. The summed E-state index contributed by atoms with van der Waals surface area (Å²) >= 11 is 0. The first kappa shape index (κ1) is 64.8. The lowest BCUT2D eigenvalue weighted by molar-refractivity contribution is -0.137. The van der Waals surface area contributed by atoms with E-state index in [0.29, 0.717) is 49.8 Å². The Kier molecular flexibility index (Phi) is 29.9. The Morgan fingerprint density at radius 3 is 2.08 bits per heavy atom. The van der Waals surface area contributed by atoms with Gasteiger partial charge in [0, 0.05) is 26.1 Å².